The second kappa shape index (κ2) is 11.2. The molecule has 1 N–H and O–H groups in total. The molecule has 1 aliphatic heterocycles. The van der Waals surface area contributed by atoms with Crippen molar-refractivity contribution in [2.45, 2.75) is 50.3 Å². The summed E-state index contributed by atoms with van der Waals surface area (Å²) in [7, 11) is -3.59. The van der Waals surface area contributed by atoms with Crippen molar-refractivity contribution in [1.82, 2.24) is 4.90 Å². The van der Waals surface area contributed by atoms with E-state index in [2.05, 4.69) is 16.5 Å². The van der Waals surface area contributed by atoms with Crippen LogP contribution in [-0.2, 0) is 14.8 Å². The lowest BCUT2D eigenvalue weighted by Gasteiger charge is -2.36. The Balaban J connectivity index is 1.47. The number of carbonyl (C=O) groups is 1. The van der Waals surface area contributed by atoms with E-state index in [-0.39, 0.29) is 10.8 Å². The Morgan fingerprint density at radius 1 is 0.871 bits per heavy atom. The fourth-order valence-corrected chi connectivity index (χ4v) is 4.89. The predicted octanol–water partition coefficient (Wildman–Crippen LogP) is 4.50. The first-order valence-corrected chi connectivity index (χ1v) is 12.7. The summed E-state index contributed by atoms with van der Waals surface area (Å²) in [4.78, 5) is 16.9. The van der Waals surface area contributed by atoms with Gasteiger partial charge in [-0.1, -0.05) is 50.8 Å². The van der Waals surface area contributed by atoms with Gasteiger partial charge in [-0.15, -0.1) is 0 Å². The van der Waals surface area contributed by atoms with Crippen LogP contribution < -0.4 is 9.62 Å². The topological polar surface area (TPSA) is 69.7 Å². The van der Waals surface area contributed by atoms with E-state index in [1.165, 1.54) is 19.3 Å². The summed E-state index contributed by atoms with van der Waals surface area (Å²) in [5, 5.41) is 0. The highest BCUT2D eigenvalue weighted by Gasteiger charge is 2.21. The van der Waals surface area contributed by atoms with E-state index in [1.54, 1.807) is 42.5 Å². The maximum atomic E-state index is 12.5. The van der Waals surface area contributed by atoms with Crippen LogP contribution in [0.5, 0.6) is 0 Å². The summed E-state index contributed by atoms with van der Waals surface area (Å²) >= 11 is 0. The van der Waals surface area contributed by atoms with Crippen molar-refractivity contribution in [2.24, 2.45) is 0 Å². The molecule has 2 aromatic rings. The Morgan fingerprint density at radius 2 is 1.52 bits per heavy atom. The number of piperazine rings is 1. The summed E-state index contributed by atoms with van der Waals surface area (Å²) in [5.74, 6) is 0.266. The number of nitrogens with one attached hydrogen (secondary N) is 1. The first-order chi connectivity index (χ1) is 15.0. The minimum absolute atomic E-state index is 0.241. The van der Waals surface area contributed by atoms with Crippen LogP contribution in [-0.4, -0.2) is 45.4 Å². The molecule has 2 aromatic carbocycles. The zero-order chi connectivity index (χ0) is 22.1. The molecular weight excluding hydrogens is 410 g/mol. The number of benzene rings is 2. The average molecular weight is 444 g/mol. The molecule has 0 saturated carbocycles. The predicted molar refractivity (Wildman–Crippen MR) is 126 cm³/mol. The van der Waals surface area contributed by atoms with Gasteiger partial charge in [-0.05, 0) is 42.8 Å². The molecule has 0 atom stereocenters. The van der Waals surface area contributed by atoms with Crippen LogP contribution in [0.4, 0.5) is 11.4 Å². The number of carbonyl (C=O) groups excluding carboxylic acids is 1. The monoisotopic (exact) mass is 443 g/mol. The minimum atomic E-state index is -3.59. The molecule has 7 heteroatoms. The first kappa shape index (κ1) is 23.1. The molecule has 0 unspecified atom stereocenters. The lowest BCUT2D eigenvalue weighted by molar-refractivity contribution is -0.131. The fraction of sp³-hybridized carbons (Fsp3) is 0.458. The summed E-state index contributed by atoms with van der Waals surface area (Å²) in [6, 6.07) is 15.7. The smallest absolute Gasteiger partial charge is 0.261 e. The summed E-state index contributed by atoms with van der Waals surface area (Å²) in [6.07, 6.45) is 6.46. The first-order valence-electron chi connectivity index (χ1n) is 11.2. The third-order valence-corrected chi connectivity index (χ3v) is 7.06. The molecule has 1 saturated heterocycles. The van der Waals surface area contributed by atoms with Crippen molar-refractivity contribution in [3.8, 4) is 0 Å². The maximum Gasteiger partial charge on any atom is 0.261 e. The van der Waals surface area contributed by atoms with E-state index >= 15 is 0 Å². The number of rotatable bonds is 10. The standard InChI is InChI=1S/C24H33N3O3S/c1-2-3-4-5-9-12-24(28)27-19-17-26(18-20-27)22-15-13-21(14-16-22)25-31(29,30)23-10-7-6-8-11-23/h6-8,10-11,13-16,25H,2-5,9,12,17-20H2,1H3. The third-order valence-electron chi connectivity index (χ3n) is 5.66. The van der Waals surface area contributed by atoms with Crippen molar-refractivity contribution in [1.29, 1.82) is 0 Å². The SMILES string of the molecule is CCCCCCCC(=O)N1CCN(c2ccc(NS(=O)(=O)c3ccccc3)cc2)CC1. The lowest BCUT2D eigenvalue weighted by atomic mass is 10.1. The van der Waals surface area contributed by atoms with E-state index in [4.69, 9.17) is 0 Å². The summed E-state index contributed by atoms with van der Waals surface area (Å²) in [6.45, 7) is 5.24. The maximum absolute atomic E-state index is 12.5. The van der Waals surface area contributed by atoms with Gasteiger partial charge in [0.05, 0.1) is 4.90 Å². The van der Waals surface area contributed by atoms with Gasteiger partial charge in [0, 0.05) is 44.0 Å². The molecular formula is C24H33N3O3S. The number of anilines is 2. The van der Waals surface area contributed by atoms with Crippen LogP contribution in [0.3, 0.4) is 0 Å². The molecule has 0 aliphatic carbocycles. The Morgan fingerprint density at radius 3 is 2.16 bits per heavy atom. The summed E-state index contributed by atoms with van der Waals surface area (Å²) < 4.78 is 27.5. The number of nitrogens with zero attached hydrogens (tertiary/aromatic N) is 2. The molecule has 0 radical (unpaired) electrons. The van der Waals surface area contributed by atoms with Gasteiger partial charge in [0.1, 0.15) is 0 Å². The molecule has 168 valence electrons. The third kappa shape index (κ3) is 6.72. The Hall–Kier alpha value is -2.54. The van der Waals surface area contributed by atoms with Crippen LogP contribution in [0.15, 0.2) is 59.5 Å². The lowest BCUT2D eigenvalue weighted by Crippen LogP contribution is -2.48. The molecule has 1 heterocycles. The van der Waals surface area contributed by atoms with Gasteiger partial charge in [-0.3, -0.25) is 9.52 Å². The molecule has 0 spiro atoms. The molecule has 31 heavy (non-hydrogen) atoms. The van der Waals surface area contributed by atoms with Gasteiger partial charge in [0.25, 0.3) is 10.0 Å². The molecule has 6 nitrogen and oxygen atoms in total. The minimum Gasteiger partial charge on any atom is -0.368 e. The molecule has 3 rings (SSSR count). The van der Waals surface area contributed by atoms with Gasteiger partial charge >= 0.3 is 0 Å². The Labute approximate surface area is 186 Å². The molecule has 1 fully saturated rings. The molecule has 0 aromatic heterocycles. The van der Waals surface area contributed by atoms with Crippen molar-refractivity contribution in [2.75, 3.05) is 35.8 Å². The summed E-state index contributed by atoms with van der Waals surface area (Å²) in [5.41, 5.74) is 1.57. The number of hydrogen-bond donors (Lipinski definition) is 1. The molecule has 0 bridgehead atoms. The Bertz CT molecular complexity index is 922. The van der Waals surface area contributed by atoms with Gasteiger partial charge in [-0.2, -0.15) is 0 Å². The number of hydrogen-bond acceptors (Lipinski definition) is 4. The second-order valence-corrected chi connectivity index (χ2v) is 9.68. The zero-order valence-electron chi connectivity index (χ0n) is 18.3. The normalized spacial score (nSPS) is 14.5. The van der Waals surface area contributed by atoms with Crippen molar-refractivity contribution < 1.29 is 13.2 Å². The van der Waals surface area contributed by atoms with E-state index in [9.17, 15) is 13.2 Å². The molecule has 1 amide bonds. The van der Waals surface area contributed by atoms with E-state index < -0.39 is 10.0 Å². The van der Waals surface area contributed by atoms with Crippen LogP contribution in [0.1, 0.15) is 45.4 Å². The van der Waals surface area contributed by atoms with Gasteiger partial charge < -0.3 is 9.80 Å². The van der Waals surface area contributed by atoms with Crippen LogP contribution in [0.25, 0.3) is 0 Å². The number of unbranched alkanes of at least 4 members (excludes halogenated alkanes) is 4. The van der Waals surface area contributed by atoms with Crippen LogP contribution in [0, 0.1) is 0 Å². The van der Waals surface area contributed by atoms with E-state index in [0.29, 0.717) is 12.1 Å². The second-order valence-electron chi connectivity index (χ2n) is 8.00. The van der Waals surface area contributed by atoms with Gasteiger partial charge in [0.2, 0.25) is 5.91 Å². The van der Waals surface area contributed by atoms with E-state index in [1.807, 2.05) is 17.0 Å². The number of amides is 1. The molecule has 1 aliphatic rings. The van der Waals surface area contributed by atoms with Gasteiger partial charge in [-0.25, -0.2) is 8.42 Å². The highest BCUT2D eigenvalue weighted by atomic mass is 32.2. The average Bonchev–Trinajstić information content (AvgIpc) is 2.80. The zero-order valence-corrected chi connectivity index (χ0v) is 19.1. The highest BCUT2D eigenvalue weighted by Crippen LogP contribution is 2.22. The van der Waals surface area contributed by atoms with E-state index in [0.717, 1.165) is 44.7 Å². The van der Waals surface area contributed by atoms with Crippen molar-refractivity contribution in [3.05, 3.63) is 54.6 Å². The number of sulfonamides is 1. The van der Waals surface area contributed by atoms with Crippen LogP contribution >= 0.6 is 0 Å². The quantitative estimate of drug-likeness (QED) is 0.549. The van der Waals surface area contributed by atoms with Crippen molar-refractivity contribution in [3.63, 3.8) is 0 Å². The highest BCUT2D eigenvalue weighted by molar-refractivity contribution is 7.92. The Kier molecular flexibility index (Phi) is 8.35. The largest absolute Gasteiger partial charge is 0.368 e. The van der Waals surface area contributed by atoms with Crippen LogP contribution in [0.2, 0.25) is 0 Å². The van der Waals surface area contributed by atoms with Crippen molar-refractivity contribution >= 4 is 27.3 Å². The fourth-order valence-electron chi connectivity index (χ4n) is 3.81. The van der Waals surface area contributed by atoms with Gasteiger partial charge in [0.15, 0.2) is 0 Å².